The normalized spacial score (nSPS) is 10.7. The topological polar surface area (TPSA) is 117 Å². The summed E-state index contributed by atoms with van der Waals surface area (Å²) in [6.45, 7) is -0.589. The number of amides is 1. The Morgan fingerprint density at radius 3 is 2.67 bits per heavy atom. The number of carbonyl (C=O) groups excluding carboxylic acids is 1. The van der Waals surface area contributed by atoms with Crippen LogP contribution >= 0.6 is 11.6 Å². The van der Waals surface area contributed by atoms with Crippen LogP contribution in [-0.2, 0) is 4.79 Å². The summed E-state index contributed by atoms with van der Waals surface area (Å²) in [5.41, 5.74) is 0.521. The first-order valence-electron chi connectivity index (χ1n) is 6.82. The lowest BCUT2D eigenvalue weighted by atomic mass is 10.1. The lowest BCUT2D eigenvalue weighted by molar-refractivity contribution is -0.135. The molecule has 0 saturated heterocycles. The van der Waals surface area contributed by atoms with Crippen LogP contribution in [0.4, 0.5) is 0 Å². The monoisotopic (exact) mass is 346 g/mol. The maximum atomic E-state index is 12.4. The Balaban J connectivity index is 2.13. The van der Waals surface area contributed by atoms with Crippen LogP contribution in [0.25, 0.3) is 16.9 Å². The van der Waals surface area contributed by atoms with Gasteiger partial charge in [0.2, 0.25) is 0 Å². The van der Waals surface area contributed by atoms with Gasteiger partial charge in [-0.05, 0) is 12.1 Å². The summed E-state index contributed by atoms with van der Waals surface area (Å²) in [6.07, 6.45) is 1.34. The van der Waals surface area contributed by atoms with Crippen LogP contribution in [0.15, 0.2) is 41.5 Å². The van der Waals surface area contributed by atoms with E-state index in [1.165, 1.54) is 16.9 Å². The lowest BCUT2D eigenvalue weighted by Crippen LogP contribution is -2.33. The quantitative estimate of drug-likeness (QED) is 0.655. The molecule has 0 bridgehead atoms. The molecular formula is C15H11ClN4O4. The number of hydrogen-bond acceptors (Lipinski definition) is 4. The largest absolute Gasteiger partial charge is 0.480 e. The molecule has 0 radical (unpaired) electrons. The molecule has 3 rings (SSSR count). The second-order valence-corrected chi connectivity index (χ2v) is 5.33. The molecule has 0 spiro atoms. The molecular weight excluding hydrogens is 336 g/mol. The van der Waals surface area contributed by atoms with Gasteiger partial charge < -0.3 is 10.4 Å². The summed E-state index contributed by atoms with van der Waals surface area (Å²) < 4.78 is 1.47. The molecule has 2 heterocycles. The number of aliphatic carboxylic acids is 1. The summed E-state index contributed by atoms with van der Waals surface area (Å²) >= 11 is 5.87. The number of nitrogens with one attached hydrogen (secondary N) is 2. The van der Waals surface area contributed by atoms with E-state index in [4.69, 9.17) is 16.7 Å². The molecule has 0 atom stereocenters. The van der Waals surface area contributed by atoms with Crippen molar-refractivity contribution < 1.29 is 14.7 Å². The zero-order valence-corrected chi connectivity index (χ0v) is 12.9. The number of fused-ring (bicyclic) bond motifs is 1. The highest BCUT2D eigenvalue weighted by molar-refractivity contribution is 6.30. The van der Waals surface area contributed by atoms with E-state index in [-0.39, 0.29) is 11.2 Å². The number of pyridine rings is 1. The van der Waals surface area contributed by atoms with Crippen molar-refractivity contribution in [3.63, 3.8) is 0 Å². The van der Waals surface area contributed by atoms with Crippen molar-refractivity contribution in [1.29, 1.82) is 0 Å². The number of carboxylic acid groups (broad SMARTS) is 1. The molecule has 3 N–H and O–H groups in total. The van der Waals surface area contributed by atoms with Crippen LogP contribution in [0.1, 0.15) is 10.4 Å². The van der Waals surface area contributed by atoms with Crippen LogP contribution in [0.2, 0.25) is 5.02 Å². The summed E-state index contributed by atoms with van der Waals surface area (Å²) in [7, 11) is 0. The van der Waals surface area contributed by atoms with Gasteiger partial charge in [-0.25, -0.2) is 9.50 Å². The number of carboxylic acids is 1. The van der Waals surface area contributed by atoms with Gasteiger partial charge in [0.05, 0.1) is 5.69 Å². The van der Waals surface area contributed by atoms with E-state index < -0.39 is 23.9 Å². The van der Waals surface area contributed by atoms with Crippen LogP contribution in [0.5, 0.6) is 0 Å². The summed E-state index contributed by atoms with van der Waals surface area (Å²) in [5.74, 6) is -2.01. The van der Waals surface area contributed by atoms with E-state index in [0.717, 1.165) is 0 Å². The highest BCUT2D eigenvalue weighted by Crippen LogP contribution is 2.21. The van der Waals surface area contributed by atoms with E-state index in [0.29, 0.717) is 16.3 Å². The van der Waals surface area contributed by atoms with Gasteiger partial charge in [-0.2, -0.15) is 0 Å². The van der Waals surface area contributed by atoms with E-state index in [2.05, 4.69) is 15.4 Å². The third-order valence-corrected chi connectivity index (χ3v) is 3.58. The summed E-state index contributed by atoms with van der Waals surface area (Å²) in [5, 5.41) is 14.2. The average Bonchev–Trinajstić information content (AvgIpc) is 3.02. The molecule has 0 aliphatic carbocycles. The zero-order valence-electron chi connectivity index (χ0n) is 12.1. The average molecular weight is 347 g/mol. The second kappa shape index (κ2) is 6.17. The molecule has 1 aromatic carbocycles. The van der Waals surface area contributed by atoms with Crippen LogP contribution in [0.3, 0.4) is 0 Å². The van der Waals surface area contributed by atoms with Crippen LogP contribution in [0, 0.1) is 0 Å². The van der Waals surface area contributed by atoms with Gasteiger partial charge in [-0.15, -0.1) is 0 Å². The molecule has 0 saturated carbocycles. The Kier molecular flexibility index (Phi) is 4.05. The molecule has 122 valence electrons. The van der Waals surface area contributed by atoms with Crippen molar-refractivity contribution in [1.82, 2.24) is 19.9 Å². The minimum absolute atomic E-state index is 0.107. The molecule has 3 aromatic rings. The van der Waals surface area contributed by atoms with Gasteiger partial charge in [0.1, 0.15) is 18.4 Å². The lowest BCUT2D eigenvalue weighted by Gasteiger charge is -2.08. The first-order chi connectivity index (χ1) is 11.5. The minimum Gasteiger partial charge on any atom is -0.480 e. The van der Waals surface area contributed by atoms with Crippen molar-refractivity contribution in [2.24, 2.45) is 0 Å². The van der Waals surface area contributed by atoms with Crippen molar-refractivity contribution in [3.8, 4) is 11.3 Å². The van der Waals surface area contributed by atoms with Gasteiger partial charge >= 0.3 is 5.97 Å². The van der Waals surface area contributed by atoms with Gasteiger partial charge in [0.15, 0.2) is 11.1 Å². The smallest absolute Gasteiger partial charge is 0.322 e. The molecule has 8 nitrogen and oxygen atoms in total. The number of nitrogens with zero attached hydrogens (tertiary/aromatic N) is 2. The number of rotatable bonds is 4. The van der Waals surface area contributed by atoms with Crippen molar-refractivity contribution in [2.75, 3.05) is 6.54 Å². The minimum atomic E-state index is -1.21. The van der Waals surface area contributed by atoms with Gasteiger partial charge in [0, 0.05) is 16.7 Å². The van der Waals surface area contributed by atoms with E-state index in [9.17, 15) is 14.4 Å². The van der Waals surface area contributed by atoms with E-state index in [1.807, 2.05) is 0 Å². The molecule has 2 aromatic heterocycles. The third-order valence-electron chi connectivity index (χ3n) is 3.33. The molecule has 0 fully saturated rings. The summed E-state index contributed by atoms with van der Waals surface area (Å²) in [6, 6.07) is 8.10. The third kappa shape index (κ3) is 2.86. The Bertz CT molecular complexity index is 991. The number of aromatic nitrogens is 3. The van der Waals surface area contributed by atoms with Crippen molar-refractivity contribution in [3.05, 3.63) is 57.5 Å². The first kappa shape index (κ1) is 15.8. The highest BCUT2D eigenvalue weighted by Gasteiger charge is 2.20. The first-order valence-corrected chi connectivity index (χ1v) is 7.20. The molecule has 0 unspecified atom stereocenters. The Morgan fingerprint density at radius 1 is 1.29 bits per heavy atom. The van der Waals surface area contributed by atoms with Crippen LogP contribution in [-0.4, -0.2) is 38.1 Å². The fourth-order valence-electron chi connectivity index (χ4n) is 2.29. The number of benzene rings is 1. The Labute approximate surface area is 139 Å². The molecule has 24 heavy (non-hydrogen) atoms. The molecule has 0 aliphatic heterocycles. The van der Waals surface area contributed by atoms with E-state index >= 15 is 0 Å². The fraction of sp³-hybridized carbons (Fsp3) is 0.0667. The van der Waals surface area contributed by atoms with Crippen molar-refractivity contribution >= 4 is 29.1 Å². The van der Waals surface area contributed by atoms with Crippen molar-refractivity contribution in [2.45, 2.75) is 0 Å². The standard InChI is InChI=1S/C15H11ClN4O4/c16-9-3-1-8(2-4-9)10-5-11(21)13(14-18-7-19-20(10)14)15(24)17-6-12(22)23/h1-5,7H,6H2,(H,17,24)(H,18,19)(H,22,23). The zero-order chi connectivity index (χ0) is 17.3. The number of halogens is 1. The number of hydrogen-bond donors (Lipinski definition) is 3. The SMILES string of the molecule is O=C(O)CNC(=O)c1c(=O)cc(-c2ccc(Cl)cc2)n2[nH]cnc12. The molecule has 0 aliphatic rings. The van der Waals surface area contributed by atoms with Gasteiger partial charge in [-0.1, -0.05) is 23.7 Å². The fourth-order valence-corrected chi connectivity index (χ4v) is 2.41. The highest BCUT2D eigenvalue weighted by atomic mass is 35.5. The number of aromatic amines is 1. The summed E-state index contributed by atoms with van der Waals surface area (Å²) in [4.78, 5) is 39.1. The number of carbonyl (C=O) groups is 2. The van der Waals surface area contributed by atoms with Gasteiger partial charge in [-0.3, -0.25) is 19.5 Å². The molecule has 9 heteroatoms. The Hall–Kier alpha value is -3.13. The maximum absolute atomic E-state index is 12.4. The van der Waals surface area contributed by atoms with E-state index in [1.54, 1.807) is 24.3 Å². The van der Waals surface area contributed by atoms with Crippen LogP contribution < -0.4 is 10.7 Å². The predicted molar refractivity (Wildman–Crippen MR) is 86.2 cm³/mol. The predicted octanol–water partition coefficient (Wildman–Crippen LogP) is 1.16. The second-order valence-electron chi connectivity index (χ2n) is 4.90. The number of H-pyrrole nitrogens is 1. The van der Waals surface area contributed by atoms with Gasteiger partial charge in [0.25, 0.3) is 5.91 Å². The molecule has 1 amide bonds. The Morgan fingerprint density at radius 2 is 2.00 bits per heavy atom. The maximum Gasteiger partial charge on any atom is 0.322 e.